The summed E-state index contributed by atoms with van der Waals surface area (Å²) in [6, 6.07) is 4.89. The van der Waals surface area contributed by atoms with Gasteiger partial charge in [-0.05, 0) is 45.4 Å². The third-order valence-corrected chi connectivity index (χ3v) is 3.89. The van der Waals surface area contributed by atoms with Gasteiger partial charge in [-0.3, -0.25) is 4.79 Å². The lowest BCUT2D eigenvalue weighted by Gasteiger charge is -2.36. The highest BCUT2D eigenvalue weighted by atomic mass is 19.4. The maximum atomic E-state index is 12.6. The third kappa shape index (κ3) is 4.20. The number of carbonyl (C=O) groups excluding carboxylic acids is 1. The molecule has 21 heavy (non-hydrogen) atoms. The molecule has 0 aromatic heterocycles. The van der Waals surface area contributed by atoms with Gasteiger partial charge in [0.1, 0.15) is 0 Å². The van der Waals surface area contributed by atoms with Gasteiger partial charge in [-0.15, -0.1) is 0 Å². The van der Waals surface area contributed by atoms with Crippen molar-refractivity contribution in [1.29, 1.82) is 0 Å². The number of hydrogen-bond acceptors (Lipinski definition) is 2. The summed E-state index contributed by atoms with van der Waals surface area (Å²) in [7, 11) is 0. The number of amides is 1. The zero-order valence-corrected chi connectivity index (χ0v) is 12.6. The zero-order valence-electron chi connectivity index (χ0n) is 12.6. The summed E-state index contributed by atoms with van der Waals surface area (Å²) in [6.45, 7) is 6.90. The fourth-order valence-corrected chi connectivity index (χ4v) is 1.55. The lowest BCUT2D eigenvalue weighted by atomic mass is 9.74. The Balaban J connectivity index is 2.79. The lowest BCUT2D eigenvalue weighted by molar-refractivity contribution is -0.137. The van der Waals surface area contributed by atoms with Crippen molar-refractivity contribution >= 4 is 5.91 Å². The van der Waals surface area contributed by atoms with E-state index in [9.17, 15) is 18.0 Å². The van der Waals surface area contributed by atoms with Crippen LogP contribution in [0.3, 0.4) is 0 Å². The molecule has 3 N–H and O–H groups in total. The van der Waals surface area contributed by atoms with Gasteiger partial charge in [0.05, 0.1) is 11.0 Å². The second-order valence-corrected chi connectivity index (χ2v) is 6.23. The van der Waals surface area contributed by atoms with Gasteiger partial charge in [0.25, 0.3) is 0 Å². The Morgan fingerprint density at radius 2 is 1.76 bits per heavy atom. The van der Waals surface area contributed by atoms with E-state index in [0.717, 1.165) is 12.1 Å². The van der Waals surface area contributed by atoms with E-state index >= 15 is 0 Å². The Hall–Kier alpha value is -1.56. The summed E-state index contributed by atoms with van der Waals surface area (Å²) in [6.07, 6.45) is -4.39. The summed E-state index contributed by atoms with van der Waals surface area (Å²) in [4.78, 5) is 12.2. The van der Waals surface area contributed by atoms with Gasteiger partial charge >= 0.3 is 6.18 Å². The quantitative estimate of drug-likeness (QED) is 0.898. The minimum atomic E-state index is -4.39. The Bertz CT molecular complexity index is 516. The van der Waals surface area contributed by atoms with Crippen molar-refractivity contribution in [3.63, 3.8) is 0 Å². The van der Waals surface area contributed by atoms with Crippen LogP contribution in [-0.2, 0) is 17.5 Å². The van der Waals surface area contributed by atoms with Crippen molar-refractivity contribution < 1.29 is 18.0 Å². The van der Waals surface area contributed by atoms with Crippen LogP contribution in [0.25, 0.3) is 0 Å². The summed E-state index contributed by atoms with van der Waals surface area (Å²) in [5.74, 6) is -0.299. The van der Waals surface area contributed by atoms with Crippen molar-refractivity contribution in [2.45, 2.75) is 46.0 Å². The minimum Gasteiger partial charge on any atom is -0.352 e. The van der Waals surface area contributed by atoms with Crippen LogP contribution in [0.2, 0.25) is 0 Å². The Kier molecular flexibility index (Phi) is 4.73. The molecule has 1 aromatic rings. The van der Waals surface area contributed by atoms with Crippen LogP contribution in [0.4, 0.5) is 13.2 Å². The van der Waals surface area contributed by atoms with E-state index in [1.54, 1.807) is 27.7 Å². The predicted molar refractivity (Wildman–Crippen MR) is 75.3 cm³/mol. The molecule has 0 atom stereocenters. The molecule has 118 valence electrons. The van der Waals surface area contributed by atoms with Crippen molar-refractivity contribution in [1.82, 2.24) is 5.32 Å². The van der Waals surface area contributed by atoms with Gasteiger partial charge in [-0.2, -0.15) is 13.2 Å². The van der Waals surface area contributed by atoms with E-state index in [2.05, 4.69) is 5.32 Å². The van der Waals surface area contributed by atoms with Crippen molar-refractivity contribution in [3.05, 3.63) is 35.4 Å². The average Bonchev–Trinajstić information content (AvgIpc) is 2.33. The summed E-state index contributed by atoms with van der Waals surface area (Å²) in [5.41, 5.74) is 4.03. The molecule has 0 fully saturated rings. The smallest absolute Gasteiger partial charge is 0.352 e. The average molecular weight is 302 g/mol. The van der Waals surface area contributed by atoms with E-state index in [4.69, 9.17) is 5.73 Å². The SMILES string of the molecule is CC(C)(N)C(C)(C)C(=O)NCc1cccc(C(F)(F)F)c1. The molecule has 1 amide bonds. The summed E-state index contributed by atoms with van der Waals surface area (Å²) in [5, 5.41) is 2.64. The highest BCUT2D eigenvalue weighted by molar-refractivity contribution is 5.83. The molecular formula is C15H21F3N2O. The molecule has 0 unspecified atom stereocenters. The standard InChI is InChI=1S/C15H21F3N2O/c1-13(2,14(3,4)19)12(21)20-9-10-6-5-7-11(8-10)15(16,17)18/h5-8H,9,19H2,1-4H3,(H,20,21). The number of hydrogen-bond donors (Lipinski definition) is 2. The van der Waals surface area contributed by atoms with E-state index in [-0.39, 0.29) is 12.5 Å². The van der Waals surface area contributed by atoms with Gasteiger partial charge in [-0.25, -0.2) is 0 Å². The topological polar surface area (TPSA) is 55.1 Å². The zero-order chi connectivity index (χ0) is 16.5. The Morgan fingerprint density at radius 3 is 2.24 bits per heavy atom. The van der Waals surface area contributed by atoms with Crippen LogP contribution >= 0.6 is 0 Å². The molecule has 0 saturated heterocycles. The fourth-order valence-electron chi connectivity index (χ4n) is 1.55. The van der Waals surface area contributed by atoms with Crippen LogP contribution in [0.1, 0.15) is 38.8 Å². The molecule has 0 saturated carbocycles. The molecule has 0 aliphatic carbocycles. The number of benzene rings is 1. The largest absolute Gasteiger partial charge is 0.416 e. The van der Waals surface area contributed by atoms with E-state index in [1.807, 2.05) is 0 Å². The van der Waals surface area contributed by atoms with Crippen LogP contribution in [-0.4, -0.2) is 11.4 Å². The minimum absolute atomic E-state index is 0.0300. The molecular weight excluding hydrogens is 281 g/mol. The first-order chi connectivity index (χ1) is 9.35. The third-order valence-electron chi connectivity index (χ3n) is 3.89. The number of nitrogens with two attached hydrogens (primary N) is 1. The predicted octanol–water partition coefficient (Wildman–Crippen LogP) is 3.09. The Labute approximate surface area is 122 Å². The first-order valence-corrected chi connectivity index (χ1v) is 6.59. The molecule has 1 rings (SSSR count). The van der Waals surface area contributed by atoms with Gasteiger partial charge in [0.15, 0.2) is 0 Å². The van der Waals surface area contributed by atoms with Crippen LogP contribution < -0.4 is 11.1 Å². The highest BCUT2D eigenvalue weighted by Crippen LogP contribution is 2.30. The fraction of sp³-hybridized carbons (Fsp3) is 0.533. The van der Waals surface area contributed by atoms with Gasteiger partial charge in [-0.1, -0.05) is 12.1 Å². The summed E-state index contributed by atoms with van der Waals surface area (Å²) < 4.78 is 37.8. The van der Waals surface area contributed by atoms with Crippen LogP contribution in [0.5, 0.6) is 0 Å². The lowest BCUT2D eigenvalue weighted by Crippen LogP contribution is -2.55. The number of rotatable bonds is 4. The van der Waals surface area contributed by atoms with Crippen LogP contribution in [0.15, 0.2) is 24.3 Å². The monoisotopic (exact) mass is 302 g/mol. The molecule has 1 aromatic carbocycles. The molecule has 0 bridgehead atoms. The molecule has 0 radical (unpaired) electrons. The molecule has 0 heterocycles. The van der Waals surface area contributed by atoms with Crippen LogP contribution in [0, 0.1) is 5.41 Å². The number of alkyl halides is 3. The normalized spacial score (nSPS) is 13.1. The highest BCUT2D eigenvalue weighted by Gasteiger charge is 2.40. The number of carbonyl (C=O) groups is 1. The van der Waals surface area contributed by atoms with E-state index < -0.39 is 22.7 Å². The first-order valence-electron chi connectivity index (χ1n) is 6.59. The maximum absolute atomic E-state index is 12.6. The second-order valence-electron chi connectivity index (χ2n) is 6.23. The molecule has 0 aliphatic heterocycles. The maximum Gasteiger partial charge on any atom is 0.416 e. The molecule has 0 spiro atoms. The van der Waals surface area contributed by atoms with Gasteiger partial charge < -0.3 is 11.1 Å². The molecule has 6 heteroatoms. The first kappa shape index (κ1) is 17.5. The van der Waals surface area contributed by atoms with Gasteiger partial charge in [0.2, 0.25) is 5.91 Å². The van der Waals surface area contributed by atoms with Crippen molar-refractivity contribution in [3.8, 4) is 0 Å². The number of halogens is 3. The Morgan fingerprint density at radius 1 is 1.19 bits per heavy atom. The molecule has 3 nitrogen and oxygen atoms in total. The van der Waals surface area contributed by atoms with Crippen molar-refractivity contribution in [2.24, 2.45) is 11.1 Å². The number of nitrogens with one attached hydrogen (secondary N) is 1. The second kappa shape index (κ2) is 5.67. The summed E-state index contributed by atoms with van der Waals surface area (Å²) >= 11 is 0. The van der Waals surface area contributed by atoms with E-state index in [0.29, 0.717) is 5.56 Å². The van der Waals surface area contributed by atoms with Gasteiger partial charge in [0, 0.05) is 12.1 Å². The van der Waals surface area contributed by atoms with Crippen molar-refractivity contribution in [2.75, 3.05) is 0 Å². The molecule has 0 aliphatic rings. The van der Waals surface area contributed by atoms with E-state index in [1.165, 1.54) is 12.1 Å².